The smallest absolute Gasteiger partial charge is 0.328 e. The van der Waals surface area contributed by atoms with Crippen molar-refractivity contribution >= 4 is 0 Å². The van der Waals surface area contributed by atoms with Crippen LogP contribution in [0.15, 0.2) is 38.6 Å². The van der Waals surface area contributed by atoms with Gasteiger partial charge in [-0.05, 0) is 19.1 Å². The van der Waals surface area contributed by atoms with Gasteiger partial charge in [-0.25, -0.2) is 14.6 Å². The Kier molecular flexibility index (Phi) is 4.32. The van der Waals surface area contributed by atoms with E-state index in [0.717, 1.165) is 4.57 Å². The van der Waals surface area contributed by atoms with Crippen molar-refractivity contribution in [3.05, 3.63) is 45.4 Å². The summed E-state index contributed by atoms with van der Waals surface area (Å²) in [5.74, 6) is 0.403. The number of nitrogens with zero attached hydrogens (tertiary/aromatic N) is 1. The van der Waals surface area contributed by atoms with E-state index in [2.05, 4.69) is 4.98 Å². The van der Waals surface area contributed by atoms with Crippen molar-refractivity contribution in [2.24, 2.45) is 0 Å². The molecule has 0 radical (unpaired) electrons. The lowest BCUT2D eigenvalue weighted by Gasteiger charge is -2.05. The molecule has 0 spiro atoms. The summed E-state index contributed by atoms with van der Waals surface area (Å²) in [5, 5.41) is 0. The summed E-state index contributed by atoms with van der Waals surface area (Å²) in [4.78, 5) is 35.7. The van der Waals surface area contributed by atoms with Gasteiger partial charge in [0.25, 0.3) is 5.56 Å². The van der Waals surface area contributed by atoms with Gasteiger partial charge < -0.3 is 9.40 Å². The average molecular weight is 266 g/mol. The average Bonchev–Trinajstić information content (AvgIpc) is 2.91. The Morgan fingerprint density at radius 3 is 2.89 bits per heavy atom. The van der Waals surface area contributed by atoms with Gasteiger partial charge in [-0.1, -0.05) is 0 Å². The van der Waals surface area contributed by atoms with Crippen molar-refractivity contribution in [2.45, 2.75) is 13.5 Å². The van der Waals surface area contributed by atoms with Crippen molar-refractivity contribution in [3.8, 4) is 11.3 Å². The van der Waals surface area contributed by atoms with Gasteiger partial charge in [-0.2, -0.15) is 0 Å². The zero-order valence-electron chi connectivity index (χ0n) is 10.4. The fourth-order valence-corrected chi connectivity index (χ4v) is 1.59. The first-order valence-corrected chi connectivity index (χ1v) is 5.85. The molecule has 2 rings (SSSR count). The van der Waals surface area contributed by atoms with Crippen molar-refractivity contribution in [3.63, 3.8) is 0 Å². The fourth-order valence-electron chi connectivity index (χ4n) is 1.59. The lowest BCUT2D eigenvalue weighted by atomic mass is 10.2. The molecule has 2 aromatic rings. The Morgan fingerprint density at radius 2 is 2.21 bits per heavy atom. The second-order valence-corrected chi connectivity index (χ2v) is 3.67. The van der Waals surface area contributed by atoms with E-state index in [9.17, 15) is 9.59 Å². The molecule has 7 heteroatoms. The van der Waals surface area contributed by atoms with Crippen molar-refractivity contribution in [2.75, 3.05) is 13.2 Å². The van der Waals surface area contributed by atoms with Crippen LogP contribution in [0, 0.1) is 0 Å². The molecule has 19 heavy (non-hydrogen) atoms. The molecule has 102 valence electrons. The second kappa shape index (κ2) is 6.17. The predicted octanol–water partition coefficient (Wildman–Crippen LogP) is 0.765. The molecule has 2 aromatic heterocycles. The Hall–Kier alpha value is -2.12. The van der Waals surface area contributed by atoms with Crippen LogP contribution in [0.25, 0.3) is 11.3 Å². The summed E-state index contributed by atoms with van der Waals surface area (Å²) in [7, 11) is 0. The minimum absolute atomic E-state index is 0.0999. The molecule has 0 aliphatic heterocycles. The predicted molar refractivity (Wildman–Crippen MR) is 66.6 cm³/mol. The Morgan fingerprint density at radius 1 is 1.37 bits per heavy atom. The minimum Gasteiger partial charge on any atom is -0.464 e. The van der Waals surface area contributed by atoms with Crippen LogP contribution < -0.4 is 11.2 Å². The molecule has 0 bridgehead atoms. The van der Waals surface area contributed by atoms with Gasteiger partial charge in [-0.15, -0.1) is 0 Å². The third kappa shape index (κ3) is 3.01. The molecule has 0 aliphatic carbocycles. The molecule has 1 N–H and O–H groups in total. The number of aromatic amines is 1. The van der Waals surface area contributed by atoms with E-state index in [1.165, 1.54) is 12.5 Å². The van der Waals surface area contributed by atoms with Crippen LogP contribution in [0.3, 0.4) is 0 Å². The highest BCUT2D eigenvalue weighted by Crippen LogP contribution is 2.13. The number of aromatic nitrogens is 2. The van der Waals surface area contributed by atoms with Crippen LogP contribution in [-0.4, -0.2) is 22.8 Å². The highest BCUT2D eigenvalue weighted by molar-refractivity contribution is 5.53. The molecule has 2 heterocycles. The van der Waals surface area contributed by atoms with E-state index < -0.39 is 11.2 Å². The summed E-state index contributed by atoms with van der Waals surface area (Å²) in [6.45, 7) is 2.38. The molecular formula is C12H14N2O5. The van der Waals surface area contributed by atoms with E-state index in [-0.39, 0.29) is 13.2 Å². The lowest BCUT2D eigenvalue weighted by molar-refractivity contribution is -0.292. The van der Waals surface area contributed by atoms with Gasteiger partial charge in [0.2, 0.25) is 0 Å². The summed E-state index contributed by atoms with van der Waals surface area (Å²) < 4.78 is 6.19. The maximum atomic E-state index is 12.1. The quantitative estimate of drug-likeness (QED) is 0.474. The van der Waals surface area contributed by atoms with Crippen molar-refractivity contribution in [1.82, 2.24) is 9.55 Å². The van der Waals surface area contributed by atoms with Crippen LogP contribution >= 0.6 is 0 Å². The molecule has 0 aliphatic rings. The Bertz CT molecular complexity index is 626. The molecule has 0 unspecified atom stereocenters. The second-order valence-electron chi connectivity index (χ2n) is 3.67. The first-order chi connectivity index (χ1) is 9.24. The third-order valence-corrected chi connectivity index (χ3v) is 2.45. The number of furan rings is 1. The normalized spacial score (nSPS) is 10.8. The van der Waals surface area contributed by atoms with Crippen LogP contribution in [-0.2, 0) is 16.3 Å². The monoisotopic (exact) mass is 266 g/mol. The zero-order valence-corrected chi connectivity index (χ0v) is 10.4. The first-order valence-electron chi connectivity index (χ1n) is 5.85. The van der Waals surface area contributed by atoms with Gasteiger partial charge in [-0.3, -0.25) is 9.36 Å². The number of hydrogen-bond donors (Lipinski definition) is 1. The standard InChI is InChI=1S/C12H14N2O5/c1-2-18-19-7-5-14-11(15)9(8-13-12(14)16)10-4-3-6-17-10/h3-4,6,8H,2,5,7H2,1H3,(H,13,16). The number of rotatable bonds is 6. The summed E-state index contributed by atoms with van der Waals surface area (Å²) in [5.41, 5.74) is -0.639. The summed E-state index contributed by atoms with van der Waals surface area (Å²) >= 11 is 0. The Balaban J connectivity index is 2.26. The molecular weight excluding hydrogens is 252 g/mol. The van der Waals surface area contributed by atoms with E-state index in [4.69, 9.17) is 14.2 Å². The SMILES string of the molecule is CCOOCCn1c(=O)[nH]cc(-c2ccco2)c1=O. The fraction of sp³-hybridized carbons (Fsp3) is 0.333. The highest BCUT2D eigenvalue weighted by atomic mass is 17.2. The lowest BCUT2D eigenvalue weighted by Crippen LogP contribution is -2.36. The molecule has 0 fully saturated rings. The van der Waals surface area contributed by atoms with Crippen LogP contribution in [0.5, 0.6) is 0 Å². The van der Waals surface area contributed by atoms with Crippen molar-refractivity contribution < 1.29 is 14.2 Å². The number of H-pyrrole nitrogens is 1. The molecule has 7 nitrogen and oxygen atoms in total. The summed E-state index contributed by atoms with van der Waals surface area (Å²) in [6.07, 6.45) is 2.80. The third-order valence-electron chi connectivity index (χ3n) is 2.45. The van der Waals surface area contributed by atoms with E-state index in [1.807, 2.05) is 0 Å². The maximum absolute atomic E-state index is 12.1. The van der Waals surface area contributed by atoms with Crippen LogP contribution in [0.1, 0.15) is 6.92 Å². The number of hydrogen-bond acceptors (Lipinski definition) is 5. The minimum atomic E-state index is -0.500. The molecule has 0 atom stereocenters. The van der Waals surface area contributed by atoms with E-state index in [1.54, 1.807) is 19.1 Å². The van der Waals surface area contributed by atoms with Gasteiger partial charge >= 0.3 is 5.69 Å². The molecule has 0 saturated carbocycles. The summed E-state index contributed by atoms with van der Waals surface area (Å²) in [6, 6.07) is 3.32. The van der Waals surface area contributed by atoms with Gasteiger partial charge in [0.05, 0.1) is 25.0 Å². The molecule has 0 aromatic carbocycles. The first kappa shape index (κ1) is 13.3. The van der Waals surface area contributed by atoms with Gasteiger partial charge in [0.15, 0.2) is 0 Å². The van der Waals surface area contributed by atoms with Crippen LogP contribution in [0.2, 0.25) is 0 Å². The van der Waals surface area contributed by atoms with E-state index in [0.29, 0.717) is 17.9 Å². The largest absolute Gasteiger partial charge is 0.464 e. The Labute approximate surface area is 108 Å². The van der Waals surface area contributed by atoms with Crippen LogP contribution in [0.4, 0.5) is 0 Å². The topological polar surface area (TPSA) is 86.5 Å². The highest BCUT2D eigenvalue weighted by Gasteiger charge is 2.11. The van der Waals surface area contributed by atoms with Crippen molar-refractivity contribution in [1.29, 1.82) is 0 Å². The zero-order chi connectivity index (χ0) is 13.7. The molecule has 0 saturated heterocycles. The van der Waals surface area contributed by atoms with Gasteiger partial charge in [0.1, 0.15) is 12.4 Å². The maximum Gasteiger partial charge on any atom is 0.328 e. The number of nitrogens with one attached hydrogen (secondary N) is 1. The molecule has 0 amide bonds. The van der Waals surface area contributed by atoms with E-state index >= 15 is 0 Å². The van der Waals surface area contributed by atoms with Gasteiger partial charge in [0, 0.05) is 6.20 Å².